The van der Waals surface area contributed by atoms with Crippen molar-refractivity contribution in [1.29, 1.82) is 0 Å². The number of ether oxygens (including phenoxy) is 3. The third kappa shape index (κ3) is 3.20. The van der Waals surface area contributed by atoms with Gasteiger partial charge in [0.15, 0.2) is 0 Å². The molecule has 4 rings (SSSR count). The molecule has 140 valence electrons. The summed E-state index contributed by atoms with van der Waals surface area (Å²) in [6.45, 7) is -0.0199. The smallest absolute Gasteiger partial charge is 0.398 e. The van der Waals surface area contributed by atoms with Gasteiger partial charge in [-0.2, -0.15) is 0 Å². The van der Waals surface area contributed by atoms with Crippen molar-refractivity contribution in [1.82, 2.24) is 0 Å². The molecule has 3 aromatic rings. The molecule has 0 spiro atoms. The molecule has 0 amide bonds. The van der Waals surface area contributed by atoms with Crippen LogP contribution in [0.1, 0.15) is 21.5 Å². The van der Waals surface area contributed by atoms with Crippen LogP contribution in [0.4, 0.5) is 4.39 Å². The molecule has 0 aliphatic carbocycles. The van der Waals surface area contributed by atoms with Gasteiger partial charge in [0.2, 0.25) is 0 Å². The van der Waals surface area contributed by atoms with Gasteiger partial charge in [-0.05, 0) is 42.0 Å². The summed E-state index contributed by atoms with van der Waals surface area (Å²) in [6.07, 6.45) is 0. The normalized spacial score (nSPS) is 17.5. The standard InChI is InChI=1S/C22H15FO5/c23-16-10-12-17(13-11-16)27-22(19-9-5-4-8-18(19)20(24)28-22)21(25)26-14-15-6-2-1-3-7-15/h1-13H,14H2. The number of fused-ring (bicyclic) bond motifs is 1. The van der Waals surface area contributed by atoms with Crippen molar-refractivity contribution in [3.05, 3.63) is 101 Å². The molecule has 1 aliphatic heterocycles. The molecule has 1 atom stereocenters. The third-order valence-electron chi connectivity index (χ3n) is 4.29. The van der Waals surface area contributed by atoms with Crippen LogP contribution < -0.4 is 4.74 Å². The molecule has 1 unspecified atom stereocenters. The van der Waals surface area contributed by atoms with E-state index in [-0.39, 0.29) is 23.5 Å². The van der Waals surface area contributed by atoms with Crippen LogP contribution in [0, 0.1) is 5.82 Å². The maximum Gasteiger partial charge on any atom is 0.398 e. The Hall–Kier alpha value is -3.67. The fourth-order valence-corrected chi connectivity index (χ4v) is 2.94. The Kier molecular flexibility index (Phi) is 4.53. The maximum absolute atomic E-state index is 13.2. The van der Waals surface area contributed by atoms with Gasteiger partial charge < -0.3 is 14.2 Å². The second-order valence-electron chi connectivity index (χ2n) is 6.17. The molecule has 0 bridgehead atoms. The van der Waals surface area contributed by atoms with Crippen molar-refractivity contribution in [3.8, 4) is 5.75 Å². The Morgan fingerprint density at radius 2 is 1.61 bits per heavy atom. The van der Waals surface area contributed by atoms with Gasteiger partial charge in [0.25, 0.3) is 0 Å². The number of hydrogen-bond acceptors (Lipinski definition) is 5. The molecular formula is C22H15FO5. The Bertz CT molecular complexity index is 1020. The second-order valence-corrected chi connectivity index (χ2v) is 6.17. The summed E-state index contributed by atoms with van der Waals surface area (Å²) in [5, 5.41) is 0. The summed E-state index contributed by atoms with van der Waals surface area (Å²) >= 11 is 0. The number of cyclic esters (lactones) is 1. The van der Waals surface area contributed by atoms with E-state index in [2.05, 4.69) is 0 Å². The van der Waals surface area contributed by atoms with Crippen LogP contribution in [0.25, 0.3) is 0 Å². The van der Waals surface area contributed by atoms with E-state index in [9.17, 15) is 14.0 Å². The summed E-state index contributed by atoms with van der Waals surface area (Å²) in [5.41, 5.74) is 1.22. The lowest BCUT2D eigenvalue weighted by molar-refractivity contribution is -0.202. The molecule has 1 heterocycles. The first-order valence-corrected chi connectivity index (χ1v) is 8.57. The van der Waals surface area contributed by atoms with E-state index < -0.39 is 23.5 Å². The van der Waals surface area contributed by atoms with Crippen LogP contribution in [0.2, 0.25) is 0 Å². The van der Waals surface area contributed by atoms with Gasteiger partial charge in [-0.1, -0.05) is 42.5 Å². The quantitative estimate of drug-likeness (QED) is 0.629. The molecule has 0 saturated carbocycles. The van der Waals surface area contributed by atoms with Gasteiger partial charge in [0.05, 0.1) is 11.1 Å². The first-order valence-electron chi connectivity index (χ1n) is 8.57. The molecule has 0 radical (unpaired) electrons. The van der Waals surface area contributed by atoms with Crippen molar-refractivity contribution in [3.63, 3.8) is 0 Å². The number of esters is 2. The summed E-state index contributed by atoms with van der Waals surface area (Å²) in [4.78, 5) is 25.4. The Labute approximate surface area is 160 Å². The number of rotatable bonds is 5. The van der Waals surface area contributed by atoms with Crippen molar-refractivity contribution in [2.75, 3.05) is 0 Å². The minimum atomic E-state index is -2.10. The van der Waals surface area contributed by atoms with E-state index in [1.54, 1.807) is 30.3 Å². The molecule has 0 aromatic heterocycles. The summed E-state index contributed by atoms with van der Waals surface area (Å²) in [6, 6.07) is 20.6. The molecule has 3 aromatic carbocycles. The zero-order valence-electron chi connectivity index (χ0n) is 14.6. The van der Waals surface area contributed by atoms with Crippen molar-refractivity contribution in [2.45, 2.75) is 12.4 Å². The average molecular weight is 378 g/mol. The zero-order valence-corrected chi connectivity index (χ0v) is 14.6. The predicted molar refractivity (Wildman–Crippen MR) is 96.8 cm³/mol. The highest BCUT2D eigenvalue weighted by Crippen LogP contribution is 2.39. The highest BCUT2D eigenvalue weighted by atomic mass is 19.1. The van der Waals surface area contributed by atoms with E-state index in [0.29, 0.717) is 0 Å². The Balaban J connectivity index is 1.69. The second kappa shape index (κ2) is 7.15. The summed E-state index contributed by atoms with van der Waals surface area (Å²) in [5.74, 6) is -3.98. The van der Waals surface area contributed by atoms with E-state index in [0.717, 1.165) is 5.56 Å². The molecule has 5 nitrogen and oxygen atoms in total. The topological polar surface area (TPSA) is 61.8 Å². The molecule has 1 aliphatic rings. The third-order valence-corrected chi connectivity index (χ3v) is 4.29. The highest BCUT2D eigenvalue weighted by molar-refractivity contribution is 6.00. The molecular weight excluding hydrogens is 363 g/mol. The SMILES string of the molecule is O=C1OC(Oc2ccc(F)cc2)(C(=O)OCc2ccccc2)c2ccccc21. The van der Waals surface area contributed by atoms with Crippen LogP contribution in [0.15, 0.2) is 78.9 Å². The largest absolute Gasteiger partial charge is 0.455 e. The average Bonchev–Trinajstić information content (AvgIpc) is 3.02. The number of benzene rings is 3. The number of carbonyl (C=O) groups excluding carboxylic acids is 2. The van der Waals surface area contributed by atoms with E-state index in [1.807, 2.05) is 18.2 Å². The maximum atomic E-state index is 13.2. The molecule has 0 N–H and O–H groups in total. The summed E-state index contributed by atoms with van der Waals surface area (Å²) in [7, 11) is 0. The van der Waals surface area contributed by atoms with Gasteiger partial charge in [0.1, 0.15) is 18.2 Å². The van der Waals surface area contributed by atoms with Crippen molar-refractivity contribution in [2.24, 2.45) is 0 Å². The first kappa shape index (κ1) is 17.7. The van der Waals surface area contributed by atoms with Crippen LogP contribution in [0.3, 0.4) is 0 Å². The van der Waals surface area contributed by atoms with Crippen LogP contribution >= 0.6 is 0 Å². The van der Waals surface area contributed by atoms with Crippen LogP contribution in [-0.2, 0) is 26.7 Å². The van der Waals surface area contributed by atoms with Gasteiger partial charge in [-0.25, -0.2) is 14.0 Å². The van der Waals surface area contributed by atoms with Crippen LogP contribution in [-0.4, -0.2) is 11.9 Å². The lowest BCUT2D eigenvalue weighted by atomic mass is 10.0. The predicted octanol–water partition coefficient (Wildman–Crippen LogP) is 3.97. The summed E-state index contributed by atoms with van der Waals surface area (Å²) < 4.78 is 29.8. The van der Waals surface area contributed by atoms with Crippen LogP contribution in [0.5, 0.6) is 5.75 Å². The highest BCUT2D eigenvalue weighted by Gasteiger charge is 2.56. The number of carbonyl (C=O) groups is 2. The van der Waals surface area contributed by atoms with Gasteiger partial charge in [-0.15, -0.1) is 0 Å². The first-order chi connectivity index (χ1) is 13.6. The minimum Gasteiger partial charge on any atom is -0.455 e. The van der Waals surface area contributed by atoms with E-state index >= 15 is 0 Å². The van der Waals surface area contributed by atoms with Crippen molar-refractivity contribution < 1.29 is 28.2 Å². The lowest BCUT2D eigenvalue weighted by Gasteiger charge is -2.27. The number of halogens is 1. The molecule has 6 heteroatoms. The fourth-order valence-electron chi connectivity index (χ4n) is 2.94. The monoisotopic (exact) mass is 378 g/mol. The Morgan fingerprint density at radius 3 is 2.36 bits per heavy atom. The van der Waals surface area contributed by atoms with Gasteiger partial charge in [0, 0.05) is 0 Å². The Morgan fingerprint density at radius 1 is 0.929 bits per heavy atom. The number of hydrogen-bond donors (Lipinski definition) is 0. The lowest BCUT2D eigenvalue weighted by Crippen LogP contribution is -2.43. The van der Waals surface area contributed by atoms with Gasteiger partial charge >= 0.3 is 17.7 Å². The van der Waals surface area contributed by atoms with E-state index in [4.69, 9.17) is 14.2 Å². The minimum absolute atomic E-state index is 0.0199. The van der Waals surface area contributed by atoms with Crippen molar-refractivity contribution >= 4 is 11.9 Å². The molecule has 28 heavy (non-hydrogen) atoms. The molecule has 0 fully saturated rings. The van der Waals surface area contributed by atoms with E-state index in [1.165, 1.54) is 30.3 Å². The fraction of sp³-hybridized carbons (Fsp3) is 0.0909. The molecule has 0 saturated heterocycles. The zero-order chi connectivity index (χ0) is 19.6. The van der Waals surface area contributed by atoms with Gasteiger partial charge in [-0.3, -0.25) is 0 Å².